The van der Waals surface area contributed by atoms with E-state index in [-0.39, 0.29) is 18.0 Å². The number of nitrogens with two attached hydrogens (primary N) is 1. The van der Waals surface area contributed by atoms with Crippen LogP contribution in [-0.4, -0.2) is 58.7 Å². The van der Waals surface area contributed by atoms with Gasteiger partial charge in [0.15, 0.2) is 10.6 Å². The van der Waals surface area contributed by atoms with Crippen molar-refractivity contribution in [3.05, 3.63) is 28.7 Å². The lowest BCUT2D eigenvalue weighted by atomic mass is 10.2. The van der Waals surface area contributed by atoms with Crippen molar-refractivity contribution >= 4 is 56.8 Å². The number of ether oxygens (including phenoxy) is 1. The van der Waals surface area contributed by atoms with Crippen LogP contribution < -0.4 is 20.7 Å². The van der Waals surface area contributed by atoms with Gasteiger partial charge in [-0.1, -0.05) is 11.6 Å². The molecule has 0 aliphatic carbocycles. The molecule has 1 fully saturated rings. The zero-order valence-corrected chi connectivity index (χ0v) is 17.5. The lowest BCUT2D eigenvalue weighted by molar-refractivity contribution is 0.200. The number of rotatable bonds is 3. The second kappa shape index (κ2) is 7.88. The molecule has 0 unspecified atom stereocenters. The van der Waals surface area contributed by atoms with Crippen LogP contribution >= 0.6 is 22.9 Å². The van der Waals surface area contributed by atoms with E-state index >= 15 is 0 Å². The van der Waals surface area contributed by atoms with E-state index in [0.29, 0.717) is 41.9 Å². The molecule has 3 aromatic rings. The van der Waals surface area contributed by atoms with Gasteiger partial charge in [-0.3, -0.25) is 0 Å². The highest BCUT2D eigenvalue weighted by molar-refractivity contribution is 7.16. The number of fused-ring (bicyclic) bond motifs is 1. The normalized spacial score (nSPS) is 16.9. The van der Waals surface area contributed by atoms with Gasteiger partial charge in [0.1, 0.15) is 11.3 Å². The lowest BCUT2D eigenvalue weighted by Gasteiger charge is -2.40. The van der Waals surface area contributed by atoms with Crippen molar-refractivity contribution in [2.75, 3.05) is 42.7 Å². The Morgan fingerprint density at radius 2 is 2.21 bits per heavy atom. The molecule has 1 aliphatic rings. The molecule has 2 aromatic heterocycles. The molecule has 3 heterocycles. The number of piperazine rings is 1. The molecule has 4 rings (SSSR count). The fourth-order valence-corrected chi connectivity index (χ4v) is 4.22. The Labute approximate surface area is 176 Å². The third-order valence-corrected chi connectivity index (χ3v) is 5.83. The fourth-order valence-electron chi connectivity index (χ4n) is 3.34. The Bertz CT molecular complexity index is 1060. The highest BCUT2D eigenvalue weighted by atomic mass is 35.5. The molecule has 29 heavy (non-hydrogen) atoms. The number of hydrogen-bond donors (Lipinski definition) is 2. The Balaban J connectivity index is 1.47. The number of nitrogens with one attached hydrogen (secondary N) is 1. The van der Waals surface area contributed by atoms with Gasteiger partial charge < -0.3 is 25.6 Å². The summed E-state index contributed by atoms with van der Waals surface area (Å²) in [6.07, 6.45) is 0. The van der Waals surface area contributed by atoms with E-state index in [4.69, 9.17) is 22.1 Å². The Morgan fingerprint density at radius 1 is 1.38 bits per heavy atom. The van der Waals surface area contributed by atoms with Crippen LogP contribution in [0, 0.1) is 0 Å². The van der Waals surface area contributed by atoms with E-state index in [1.165, 1.54) is 11.3 Å². The van der Waals surface area contributed by atoms with Gasteiger partial charge in [0.2, 0.25) is 5.95 Å². The number of methoxy groups -OCH3 is 1. The van der Waals surface area contributed by atoms with Crippen molar-refractivity contribution in [2.45, 2.75) is 13.0 Å². The summed E-state index contributed by atoms with van der Waals surface area (Å²) in [4.78, 5) is 30.4. The summed E-state index contributed by atoms with van der Waals surface area (Å²) in [5, 5.41) is 3.29. The molecule has 1 atom stereocenters. The quantitative estimate of drug-likeness (QED) is 0.653. The SMILES string of the molecule is COc1ccc(NC(=O)N2CCN(c3nc(N)nc4scnc34)[C@@H](C)C2)c(Cl)c1. The van der Waals surface area contributed by atoms with Crippen molar-refractivity contribution in [3.63, 3.8) is 0 Å². The number of thiazole rings is 1. The summed E-state index contributed by atoms with van der Waals surface area (Å²) >= 11 is 7.66. The molecule has 0 saturated carbocycles. The smallest absolute Gasteiger partial charge is 0.322 e. The molecule has 1 aromatic carbocycles. The number of carbonyl (C=O) groups is 1. The summed E-state index contributed by atoms with van der Waals surface area (Å²) in [6, 6.07) is 4.96. The first-order valence-electron chi connectivity index (χ1n) is 8.99. The van der Waals surface area contributed by atoms with Crippen molar-refractivity contribution in [2.24, 2.45) is 0 Å². The molecule has 3 N–H and O–H groups in total. The van der Waals surface area contributed by atoms with Gasteiger partial charge in [0.05, 0.1) is 23.3 Å². The largest absolute Gasteiger partial charge is 0.497 e. The minimum atomic E-state index is -0.204. The van der Waals surface area contributed by atoms with E-state index in [0.717, 1.165) is 10.3 Å². The molecule has 152 valence electrons. The topological polar surface area (TPSA) is 110 Å². The maximum Gasteiger partial charge on any atom is 0.322 e. The van der Waals surface area contributed by atoms with Crippen LogP contribution in [0.1, 0.15) is 6.92 Å². The fraction of sp³-hybridized carbons (Fsp3) is 0.333. The van der Waals surface area contributed by atoms with Crippen LogP contribution in [0.3, 0.4) is 0 Å². The van der Waals surface area contributed by atoms with Gasteiger partial charge in [0.25, 0.3) is 0 Å². The van der Waals surface area contributed by atoms with Crippen LogP contribution in [0.15, 0.2) is 23.7 Å². The Kier molecular flexibility index (Phi) is 5.29. The van der Waals surface area contributed by atoms with Gasteiger partial charge >= 0.3 is 6.03 Å². The number of nitrogens with zero attached hydrogens (tertiary/aromatic N) is 5. The van der Waals surface area contributed by atoms with Crippen molar-refractivity contribution < 1.29 is 9.53 Å². The Morgan fingerprint density at radius 3 is 2.93 bits per heavy atom. The summed E-state index contributed by atoms with van der Waals surface area (Å²) in [7, 11) is 1.56. The van der Waals surface area contributed by atoms with Gasteiger partial charge in [-0.05, 0) is 19.1 Å². The van der Waals surface area contributed by atoms with Gasteiger partial charge in [0, 0.05) is 31.7 Å². The lowest BCUT2D eigenvalue weighted by Crippen LogP contribution is -2.55. The summed E-state index contributed by atoms with van der Waals surface area (Å²) in [5.41, 5.74) is 8.87. The number of anilines is 3. The number of benzene rings is 1. The predicted octanol–water partition coefficient (Wildman–Crippen LogP) is 3.07. The van der Waals surface area contributed by atoms with E-state index < -0.39 is 0 Å². The number of halogens is 1. The molecule has 2 amide bonds. The molecule has 0 radical (unpaired) electrons. The Hall–Kier alpha value is -2.85. The number of amides is 2. The predicted molar refractivity (Wildman–Crippen MR) is 115 cm³/mol. The van der Waals surface area contributed by atoms with Crippen LogP contribution in [0.5, 0.6) is 5.75 Å². The third kappa shape index (κ3) is 3.85. The third-order valence-electron chi connectivity index (χ3n) is 4.80. The van der Waals surface area contributed by atoms with Crippen molar-refractivity contribution in [1.29, 1.82) is 0 Å². The van der Waals surface area contributed by atoms with Crippen LogP contribution in [0.4, 0.5) is 22.2 Å². The number of carbonyl (C=O) groups excluding carboxylic acids is 1. The second-order valence-electron chi connectivity index (χ2n) is 6.68. The van der Waals surface area contributed by atoms with Crippen LogP contribution in [0.25, 0.3) is 10.3 Å². The standard InChI is InChI=1S/C18H20ClN7O2S/c1-10-8-25(18(27)22-13-4-3-11(28-2)7-12(13)19)5-6-26(10)15-14-16(29-9-21-14)24-17(20)23-15/h3-4,7,9-10H,5-6,8H2,1-2H3,(H,22,27)(H2,20,23,24)/t10-/m0/s1. The molecular formula is C18H20ClN7O2S. The average Bonchev–Trinajstić information content (AvgIpc) is 3.17. The first-order chi connectivity index (χ1) is 14.0. The number of hydrogen-bond acceptors (Lipinski definition) is 8. The molecular weight excluding hydrogens is 414 g/mol. The van der Waals surface area contributed by atoms with Gasteiger partial charge in [-0.15, -0.1) is 11.3 Å². The van der Waals surface area contributed by atoms with E-state index in [2.05, 4.69) is 25.2 Å². The molecule has 1 aliphatic heterocycles. The molecule has 0 bridgehead atoms. The second-order valence-corrected chi connectivity index (χ2v) is 7.92. The maximum atomic E-state index is 12.7. The van der Waals surface area contributed by atoms with Gasteiger partial charge in [-0.2, -0.15) is 4.98 Å². The summed E-state index contributed by atoms with van der Waals surface area (Å²) in [6.45, 7) is 3.69. The van der Waals surface area contributed by atoms with E-state index in [9.17, 15) is 4.79 Å². The number of aromatic nitrogens is 3. The zero-order chi connectivity index (χ0) is 20.5. The average molecular weight is 434 g/mol. The van der Waals surface area contributed by atoms with Gasteiger partial charge in [-0.25, -0.2) is 14.8 Å². The monoisotopic (exact) mass is 433 g/mol. The van der Waals surface area contributed by atoms with Crippen molar-refractivity contribution in [3.8, 4) is 5.75 Å². The van der Waals surface area contributed by atoms with E-state index in [1.54, 1.807) is 35.7 Å². The minimum Gasteiger partial charge on any atom is -0.497 e. The molecule has 1 saturated heterocycles. The number of urea groups is 1. The highest BCUT2D eigenvalue weighted by Gasteiger charge is 2.30. The van der Waals surface area contributed by atoms with Crippen LogP contribution in [-0.2, 0) is 0 Å². The zero-order valence-electron chi connectivity index (χ0n) is 15.9. The van der Waals surface area contributed by atoms with Crippen molar-refractivity contribution in [1.82, 2.24) is 19.9 Å². The maximum absolute atomic E-state index is 12.7. The first kappa shape index (κ1) is 19.5. The minimum absolute atomic E-state index is 0.0278. The number of nitrogen functional groups attached to an aromatic ring is 1. The summed E-state index contributed by atoms with van der Waals surface area (Å²) < 4.78 is 5.14. The molecule has 0 spiro atoms. The molecule has 9 nitrogen and oxygen atoms in total. The highest BCUT2D eigenvalue weighted by Crippen LogP contribution is 2.30. The summed E-state index contributed by atoms with van der Waals surface area (Å²) in [5.74, 6) is 1.56. The molecule has 11 heteroatoms. The van der Waals surface area contributed by atoms with Crippen LogP contribution in [0.2, 0.25) is 5.02 Å². The first-order valence-corrected chi connectivity index (χ1v) is 10.2. The van der Waals surface area contributed by atoms with E-state index in [1.807, 2.05) is 6.92 Å².